The molecule has 4 heterocycles. The van der Waals surface area contributed by atoms with Crippen LogP contribution in [0.2, 0.25) is 0 Å². The van der Waals surface area contributed by atoms with E-state index in [4.69, 9.17) is 0 Å². The number of para-hydroxylation sites is 2. The second kappa shape index (κ2) is 11.4. The summed E-state index contributed by atoms with van der Waals surface area (Å²) in [6.07, 6.45) is 9.65. The van der Waals surface area contributed by atoms with Crippen molar-refractivity contribution < 1.29 is 0 Å². The minimum absolute atomic E-state index is 0.568. The molecule has 11 rings (SSSR count). The number of aromatic nitrogens is 3. The molecule has 0 aliphatic heterocycles. The quantitative estimate of drug-likeness (QED) is 0.181. The summed E-state index contributed by atoms with van der Waals surface area (Å²) >= 11 is 1.98. The van der Waals surface area contributed by atoms with Crippen molar-refractivity contribution in [1.29, 1.82) is 0 Å². The second-order valence-corrected chi connectivity index (χ2v) is 15.1. The van der Waals surface area contributed by atoms with Crippen LogP contribution in [-0.2, 0) is 0 Å². The van der Waals surface area contributed by atoms with Gasteiger partial charge in [0.1, 0.15) is 0 Å². The Labute approximate surface area is 305 Å². The summed E-state index contributed by atoms with van der Waals surface area (Å²) in [5, 5.41) is 6.23. The minimum Gasteiger partial charge on any atom is -0.309 e. The first-order valence-electron chi connectivity index (χ1n) is 18.0. The van der Waals surface area contributed by atoms with Crippen LogP contribution in [0.5, 0.6) is 0 Å². The summed E-state index contributed by atoms with van der Waals surface area (Å²) in [7, 11) is 0. The molecule has 1 aliphatic rings. The third-order valence-corrected chi connectivity index (χ3v) is 12.5. The predicted octanol–water partition coefficient (Wildman–Crippen LogP) is 13.3. The van der Waals surface area contributed by atoms with E-state index in [1.807, 2.05) is 23.7 Å². The molecule has 10 aromatic rings. The summed E-state index contributed by atoms with van der Waals surface area (Å²) in [5.41, 5.74) is 13.4. The molecule has 4 aromatic heterocycles. The lowest BCUT2D eigenvalue weighted by molar-refractivity contribution is 0.791. The van der Waals surface area contributed by atoms with Gasteiger partial charge in [-0.3, -0.25) is 4.98 Å². The van der Waals surface area contributed by atoms with E-state index < -0.39 is 0 Å². The first kappa shape index (κ1) is 29.5. The third-order valence-electron chi connectivity index (χ3n) is 11.0. The zero-order valence-electron chi connectivity index (χ0n) is 28.6. The van der Waals surface area contributed by atoms with Crippen molar-refractivity contribution in [2.75, 3.05) is 0 Å². The molecule has 1 atom stereocenters. The highest BCUT2D eigenvalue weighted by molar-refractivity contribution is 7.20. The van der Waals surface area contributed by atoms with Crippen molar-refractivity contribution in [3.63, 3.8) is 0 Å². The minimum atomic E-state index is 0.568. The third kappa shape index (κ3) is 4.34. The topological polar surface area (TPSA) is 22.8 Å². The van der Waals surface area contributed by atoms with E-state index >= 15 is 0 Å². The highest BCUT2D eigenvalue weighted by Gasteiger charge is 2.21. The Morgan fingerprint density at radius 2 is 1.21 bits per heavy atom. The Bertz CT molecular complexity index is 3030. The van der Waals surface area contributed by atoms with Crippen LogP contribution in [0.25, 0.3) is 93.4 Å². The van der Waals surface area contributed by atoms with Gasteiger partial charge in [0, 0.05) is 60.3 Å². The van der Waals surface area contributed by atoms with Crippen LogP contribution < -0.4 is 0 Å². The Balaban J connectivity index is 1.05. The van der Waals surface area contributed by atoms with Gasteiger partial charge < -0.3 is 9.13 Å². The van der Waals surface area contributed by atoms with Crippen LogP contribution in [-0.4, -0.2) is 14.1 Å². The zero-order valence-corrected chi connectivity index (χ0v) is 29.4. The maximum absolute atomic E-state index is 4.46. The van der Waals surface area contributed by atoms with Crippen LogP contribution >= 0.6 is 11.3 Å². The van der Waals surface area contributed by atoms with Crippen LogP contribution in [0.15, 0.2) is 158 Å². The smallest absolute Gasteiger partial charge is 0.0571 e. The van der Waals surface area contributed by atoms with Crippen molar-refractivity contribution in [3.05, 3.63) is 168 Å². The number of nitrogens with zero attached hydrogens (tertiary/aromatic N) is 3. The van der Waals surface area contributed by atoms with E-state index in [1.165, 1.54) is 80.9 Å². The molecular formula is C48H33N3S. The lowest BCUT2D eigenvalue weighted by atomic mass is 9.93. The summed E-state index contributed by atoms with van der Waals surface area (Å²) in [6, 6.07) is 51.3. The van der Waals surface area contributed by atoms with Crippen LogP contribution in [0.4, 0.5) is 0 Å². The first-order chi connectivity index (χ1) is 25.7. The second-order valence-electron chi connectivity index (χ2n) is 14.0. The molecule has 0 saturated carbocycles. The molecular weight excluding hydrogens is 651 g/mol. The Morgan fingerprint density at radius 3 is 2.06 bits per heavy atom. The standard InChI is InChI=1S/C48H33N3S/c1-30-10-6-18-39-40-19-9-17-36(48(40)52-47(30)39)33-13-7-11-31(26-33)32-12-8-14-34(27-32)50-43-20-4-2-15-37(43)41-28-35(22-23-45(41)50)51-44-21-5-3-16-38(44)42-29-49-25-24-46(42)51/h2-9,11-30H,10H2,1H3. The van der Waals surface area contributed by atoms with Gasteiger partial charge in [-0.15, -0.1) is 11.3 Å². The molecule has 0 spiro atoms. The number of fused-ring (bicyclic) bond motifs is 9. The molecule has 0 amide bonds. The van der Waals surface area contributed by atoms with Gasteiger partial charge in [-0.05, 0) is 94.8 Å². The number of pyridine rings is 1. The van der Waals surface area contributed by atoms with Crippen molar-refractivity contribution in [3.8, 4) is 33.6 Å². The Kier molecular flexibility index (Phi) is 6.46. The number of allylic oxidation sites excluding steroid dienone is 1. The van der Waals surface area contributed by atoms with E-state index in [9.17, 15) is 0 Å². The van der Waals surface area contributed by atoms with Gasteiger partial charge in [-0.25, -0.2) is 0 Å². The normalized spacial score (nSPS) is 14.3. The Morgan fingerprint density at radius 1 is 0.558 bits per heavy atom. The van der Waals surface area contributed by atoms with Gasteiger partial charge >= 0.3 is 0 Å². The fourth-order valence-corrected chi connectivity index (χ4v) is 9.97. The van der Waals surface area contributed by atoms with Crippen LogP contribution in [0.1, 0.15) is 29.7 Å². The number of thiophene rings is 1. The van der Waals surface area contributed by atoms with Gasteiger partial charge in [0.25, 0.3) is 0 Å². The highest BCUT2D eigenvalue weighted by atomic mass is 32.1. The van der Waals surface area contributed by atoms with Gasteiger partial charge in [0.05, 0.1) is 22.1 Å². The molecule has 3 nitrogen and oxygen atoms in total. The van der Waals surface area contributed by atoms with Crippen molar-refractivity contribution >= 4 is 71.1 Å². The fourth-order valence-electron chi connectivity index (χ4n) is 8.58. The lowest BCUT2D eigenvalue weighted by Gasteiger charge is -2.12. The maximum atomic E-state index is 4.46. The van der Waals surface area contributed by atoms with Gasteiger partial charge in [-0.2, -0.15) is 0 Å². The van der Waals surface area contributed by atoms with Gasteiger partial charge in [0.2, 0.25) is 0 Å². The van der Waals surface area contributed by atoms with E-state index in [1.54, 1.807) is 0 Å². The molecule has 1 unspecified atom stereocenters. The predicted molar refractivity (Wildman–Crippen MR) is 221 cm³/mol. The molecule has 0 saturated heterocycles. The van der Waals surface area contributed by atoms with E-state index in [0.717, 1.165) is 23.3 Å². The first-order valence-corrected chi connectivity index (χ1v) is 18.8. The lowest BCUT2D eigenvalue weighted by Crippen LogP contribution is -1.96. The summed E-state index contributed by atoms with van der Waals surface area (Å²) in [5.74, 6) is 0.568. The average molecular weight is 684 g/mol. The molecule has 0 radical (unpaired) electrons. The summed E-state index contributed by atoms with van der Waals surface area (Å²) in [6.45, 7) is 2.35. The van der Waals surface area contributed by atoms with Crippen molar-refractivity contribution in [2.45, 2.75) is 19.3 Å². The van der Waals surface area contributed by atoms with Crippen molar-refractivity contribution in [2.24, 2.45) is 0 Å². The zero-order chi connectivity index (χ0) is 34.3. The molecule has 0 fully saturated rings. The van der Waals surface area contributed by atoms with Crippen molar-refractivity contribution in [1.82, 2.24) is 14.1 Å². The van der Waals surface area contributed by atoms with Gasteiger partial charge in [-0.1, -0.05) is 104 Å². The molecule has 0 N–H and O–H groups in total. The SMILES string of the molecule is CC1CC=Cc2c1sc1c(-c3cccc(-c4cccc(-n5c6ccccc6c6cc(-n7c8ccccc8c8cnccc87)ccc65)c4)c3)cccc21. The molecule has 246 valence electrons. The van der Waals surface area contributed by atoms with Crippen LogP contribution in [0.3, 0.4) is 0 Å². The number of hydrogen-bond acceptors (Lipinski definition) is 2. The molecule has 52 heavy (non-hydrogen) atoms. The van der Waals surface area contributed by atoms with Crippen LogP contribution in [0, 0.1) is 0 Å². The molecule has 1 aliphatic carbocycles. The number of rotatable bonds is 4. The summed E-state index contributed by atoms with van der Waals surface area (Å²) in [4.78, 5) is 5.97. The Hall–Kier alpha value is -6.23. The highest BCUT2D eigenvalue weighted by Crippen LogP contribution is 2.45. The molecule has 0 bridgehead atoms. The molecule has 4 heteroatoms. The number of hydrogen-bond donors (Lipinski definition) is 0. The largest absolute Gasteiger partial charge is 0.309 e. The van der Waals surface area contributed by atoms with E-state index in [-0.39, 0.29) is 0 Å². The fraction of sp³-hybridized carbons (Fsp3) is 0.0625. The average Bonchev–Trinajstić information content (AvgIpc) is 3.86. The molecule has 6 aromatic carbocycles. The number of benzene rings is 6. The monoisotopic (exact) mass is 683 g/mol. The van der Waals surface area contributed by atoms with E-state index in [0.29, 0.717) is 5.92 Å². The maximum Gasteiger partial charge on any atom is 0.0571 e. The van der Waals surface area contributed by atoms with Gasteiger partial charge in [0.15, 0.2) is 0 Å². The summed E-state index contributed by atoms with van der Waals surface area (Å²) < 4.78 is 6.18. The van der Waals surface area contributed by atoms with E-state index in [2.05, 4.69) is 173 Å².